The van der Waals surface area contributed by atoms with Crippen molar-refractivity contribution in [1.29, 1.82) is 5.26 Å². The Bertz CT molecular complexity index is 1180. The maximum absolute atomic E-state index is 13.8. The fourth-order valence-corrected chi connectivity index (χ4v) is 8.25. The van der Waals surface area contributed by atoms with E-state index in [1.165, 1.54) is 0 Å². The molecule has 1 saturated carbocycles. The molecular weight excluding hydrogens is 482 g/mol. The van der Waals surface area contributed by atoms with Crippen LogP contribution in [0.4, 0.5) is 0 Å². The Kier molecular flexibility index (Phi) is 7.70. The van der Waals surface area contributed by atoms with E-state index in [2.05, 4.69) is 68.4 Å². The van der Waals surface area contributed by atoms with Crippen molar-refractivity contribution >= 4 is 17.3 Å². The van der Waals surface area contributed by atoms with E-state index in [-0.39, 0.29) is 45.1 Å². The van der Waals surface area contributed by atoms with Crippen LogP contribution in [0.5, 0.6) is 0 Å². The molecule has 0 heterocycles. The molecule has 0 aromatic carbocycles. The topological polar surface area (TPSA) is 75.0 Å². The van der Waals surface area contributed by atoms with Gasteiger partial charge in [0.15, 0.2) is 11.6 Å². The van der Waals surface area contributed by atoms with Crippen molar-refractivity contribution in [2.75, 3.05) is 0 Å². The van der Waals surface area contributed by atoms with Crippen LogP contribution < -0.4 is 0 Å². The van der Waals surface area contributed by atoms with Crippen LogP contribution >= 0.6 is 0 Å². The molecule has 0 spiro atoms. The second kappa shape index (κ2) is 9.53. The molecule has 0 aromatic heterocycles. The summed E-state index contributed by atoms with van der Waals surface area (Å²) in [5, 5.41) is 9.93. The summed E-state index contributed by atoms with van der Waals surface area (Å²) in [4.78, 5) is 40.2. The molecule has 4 nitrogen and oxygen atoms in total. The van der Waals surface area contributed by atoms with Crippen LogP contribution in [0.1, 0.15) is 128 Å². The van der Waals surface area contributed by atoms with Gasteiger partial charge in [0.1, 0.15) is 11.9 Å². The van der Waals surface area contributed by atoms with Gasteiger partial charge in [0.2, 0.25) is 0 Å². The Morgan fingerprint density at radius 3 is 2.13 bits per heavy atom. The van der Waals surface area contributed by atoms with Crippen LogP contribution in [0.25, 0.3) is 0 Å². The normalized spacial score (nSPS) is 37.6. The zero-order chi connectivity index (χ0) is 30.0. The number of ketones is 3. The highest BCUT2D eigenvalue weighted by atomic mass is 16.1. The van der Waals surface area contributed by atoms with Crippen LogP contribution in [-0.4, -0.2) is 17.3 Å². The number of fused-ring (bicyclic) bond motifs is 3. The first-order valence-electron chi connectivity index (χ1n) is 15.1. The molecule has 0 saturated heterocycles. The molecule has 3 aliphatic carbocycles. The fraction of sp³-hybridized carbons (Fsp3) is 0.771. The average Bonchev–Trinajstić information content (AvgIpc) is 2.87. The first kappa shape index (κ1) is 31.5. The van der Waals surface area contributed by atoms with E-state index in [1.54, 1.807) is 6.92 Å². The second-order valence-electron chi connectivity index (χ2n) is 15.7. The van der Waals surface area contributed by atoms with E-state index in [9.17, 15) is 19.6 Å². The number of nitriles is 1. The van der Waals surface area contributed by atoms with Crippen LogP contribution in [-0.2, 0) is 14.4 Å². The van der Waals surface area contributed by atoms with Crippen LogP contribution in [0, 0.1) is 55.2 Å². The number of carbonyl (C=O) groups excluding carboxylic acids is 3. The first-order chi connectivity index (χ1) is 17.6. The molecule has 0 aromatic rings. The summed E-state index contributed by atoms with van der Waals surface area (Å²) in [6, 6.07) is 2.18. The van der Waals surface area contributed by atoms with Gasteiger partial charge in [0.05, 0.1) is 5.57 Å². The van der Waals surface area contributed by atoms with Crippen molar-refractivity contribution < 1.29 is 14.4 Å². The predicted octanol–water partition coefficient (Wildman–Crippen LogP) is 8.60. The monoisotopic (exact) mass is 535 g/mol. The fourth-order valence-electron chi connectivity index (χ4n) is 8.25. The summed E-state index contributed by atoms with van der Waals surface area (Å²) >= 11 is 0. The molecule has 6 atom stereocenters. The van der Waals surface area contributed by atoms with Crippen LogP contribution in [0.3, 0.4) is 0 Å². The van der Waals surface area contributed by atoms with Crippen molar-refractivity contribution in [2.24, 2.45) is 43.8 Å². The van der Waals surface area contributed by atoms with Gasteiger partial charge in [0, 0.05) is 22.2 Å². The summed E-state index contributed by atoms with van der Waals surface area (Å²) in [6.07, 6.45) is 9.90. The third kappa shape index (κ3) is 4.33. The molecule has 1 unspecified atom stereocenters. The summed E-state index contributed by atoms with van der Waals surface area (Å²) in [6.45, 7) is 25.5. The maximum atomic E-state index is 13.8. The average molecular weight is 536 g/mol. The Labute approximate surface area is 238 Å². The van der Waals surface area contributed by atoms with E-state index in [0.29, 0.717) is 0 Å². The Morgan fingerprint density at radius 1 is 1.03 bits per heavy atom. The van der Waals surface area contributed by atoms with Gasteiger partial charge in [-0.05, 0) is 78.8 Å². The molecule has 0 bridgehead atoms. The third-order valence-electron chi connectivity index (χ3n) is 13.5. The third-order valence-corrected chi connectivity index (χ3v) is 13.5. The first-order valence-corrected chi connectivity index (χ1v) is 15.1. The molecule has 0 amide bonds. The molecule has 4 heteroatoms. The minimum atomic E-state index is -0.731. The van der Waals surface area contributed by atoms with Gasteiger partial charge < -0.3 is 0 Å². The van der Waals surface area contributed by atoms with Crippen LogP contribution in [0.15, 0.2) is 23.3 Å². The standard InChI is InChI=1S/C35H53NO3/c1-13-29(4,5)14-15-31(8,24(3)37)16-17-32(9)23(2)26(38)20-27-33(32,10)18-19-35(12)30(6,7)28(39)25(22-36)21-34(27,35)11/h20-21,23H,13-19H2,1-12H3/t23?,31-,32+,33+,34+,35-/m0/s1. The van der Waals surface area contributed by atoms with E-state index >= 15 is 0 Å². The van der Waals surface area contributed by atoms with Crippen molar-refractivity contribution in [3.05, 3.63) is 23.3 Å². The second-order valence-corrected chi connectivity index (χ2v) is 15.7. The molecule has 0 radical (unpaired) electrons. The largest absolute Gasteiger partial charge is 0.299 e. The highest BCUT2D eigenvalue weighted by Crippen LogP contribution is 2.74. The zero-order valence-corrected chi connectivity index (χ0v) is 26.9. The molecule has 0 aliphatic heterocycles. The SMILES string of the molecule is CCC(C)(C)CC[C@@](C)(CC[C@]1(C)C(C)C(=O)C=C2[C@@]3(C)C=C(C#N)C(=O)C(C)(C)[C@]3(C)CC[C@]21C)C(C)=O. The maximum Gasteiger partial charge on any atom is 0.179 e. The highest BCUT2D eigenvalue weighted by molar-refractivity contribution is 6.05. The lowest BCUT2D eigenvalue weighted by molar-refractivity contribution is -0.150. The van der Waals surface area contributed by atoms with Gasteiger partial charge in [-0.1, -0.05) is 88.7 Å². The van der Waals surface area contributed by atoms with Crippen molar-refractivity contribution in [1.82, 2.24) is 0 Å². The van der Waals surface area contributed by atoms with E-state index in [4.69, 9.17) is 0 Å². The summed E-state index contributed by atoms with van der Waals surface area (Å²) < 4.78 is 0. The van der Waals surface area contributed by atoms with Crippen molar-refractivity contribution in [3.8, 4) is 6.07 Å². The summed E-state index contributed by atoms with van der Waals surface area (Å²) in [7, 11) is 0. The molecule has 3 rings (SSSR count). The van der Waals surface area contributed by atoms with E-state index in [1.807, 2.05) is 26.0 Å². The Morgan fingerprint density at radius 2 is 1.62 bits per heavy atom. The number of Topliss-reactive ketones (excluding diaryl/α,β-unsaturated/α-hetero) is 2. The van der Waals surface area contributed by atoms with Gasteiger partial charge in [-0.15, -0.1) is 0 Å². The number of nitrogens with zero attached hydrogens (tertiary/aromatic N) is 1. The highest BCUT2D eigenvalue weighted by Gasteiger charge is 2.69. The molecule has 1 fully saturated rings. The molecule has 216 valence electrons. The summed E-state index contributed by atoms with van der Waals surface area (Å²) in [5.41, 5.74) is -1.39. The smallest absolute Gasteiger partial charge is 0.179 e. The number of carbonyl (C=O) groups is 3. The van der Waals surface area contributed by atoms with E-state index < -0.39 is 21.7 Å². The van der Waals surface area contributed by atoms with Gasteiger partial charge in [0.25, 0.3) is 0 Å². The zero-order valence-electron chi connectivity index (χ0n) is 26.9. The molecule has 39 heavy (non-hydrogen) atoms. The molecule has 3 aliphatic rings. The van der Waals surface area contributed by atoms with Gasteiger partial charge >= 0.3 is 0 Å². The minimum absolute atomic E-state index is 0.0975. The van der Waals surface area contributed by atoms with Crippen LogP contribution in [0.2, 0.25) is 0 Å². The lowest BCUT2D eigenvalue weighted by atomic mass is 9.34. The van der Waals surface area contributed by atoms with Crippen molar-refractivity contribution in [3.63, 3.8) is 0 Å². The van der Waals surface area contributed by atoms with Gasteiger partial charge in [-0.25, -0.2) is 0 Å². The lowest BCUT2D eigenvalue weighted by Gasteiger charge is -2.68. The summed E-state index contributed by atoms with van der Waals surface area (Å²) in [5.74, 6) is 0.0690. The van der Waals surface area contributed by atoms with Crippen molar-refractivity contribution in [2.45, 2.75) is 128 Å². The Hall–Kier alpha value is -2.02. The predicted molar refractivity (Wildman–Crippen MR) is 158 cm³/mol. The number of hydrogen-bond acceptors (Lipinski definition) is 4. The molecular formula is C35H53NO3. The Balaban J connectivity index is 2.11. The van der Waals surface area contributed by atoms with Gasteiger partial charge in [-0.3, -0.25) is 14.4 Å². The van der Waals surface area contributed by atoms with Gasteiger partial charge in [-0.2, -0.15) is 5.26 Å². The quantitative estimate of drug-likeness (QED) is 0.312. The number of hydrogen-bond donors (Lipinski definition) is 0. The number of rotatable bonds is 8. The van der Waals surface area contributed by atoms with E-state index in [0.717, 1.165) is 50.5 Å². The number of allylic oxidation sites excluding steroid dienone is 4. The molecule has 0 N–H and O–H groups in total. The minimum Gasteiger partial charge on any atom is -0.299 e. The lowest BCUT2D eigenvalue weighted by Crippen LogP contribution is -2.64.